The summed E-state index contributed by atoms with van der Waals surface area (Å²) in [5, 5.41) is 5.77. The number of rotatable bonds is 5. The summed E-state index contributed by atoms with van der Waals surface area (Å²) in [5.74, 6) is 6.29. The Morgan fingerprint density at radius 3 is 2.65 bits per heavy atom. The van der Waals surface area contributed by atoms with Gasteiger partial charge in [0.25, 0.3) is 11.8 Å². The number of fused-ring (bicyclic) bond motifs is 2. The number of amides is 2. The van der Waals surface area contributed by atoms with Gasteiger partial charge in [-0.3, -0.25) is 9.59 Å². The predicted octanol–water partition coefficient (Wildman–Crippen LogP) is 4.19. The van der Waals surface area contributed by atoms with Gasteiger partial charge in [0.15, 0.2) is 0 Å². The van der Waals surface area contributed by atoms with Crippen LogP contribution in [0.25, 0.3) is 11.0 Å². The molecule has 1 unspecified atom stereocenters. The molecule has 5 rings (SSSR count). The number of aromatic nitrogens is 2. The van der Waals surface area contributed by atoms with Gasteiger partial charge in [0, 0.05) is 30.3 Å². The molecule has 3 heterocycles. The molecule has 1 atom stereocenters. The first kappa shape index (κ1) is 31.7. The van der Waals surface area contributed by atoms with Crippen LogP contribution in [0, 0.1) is 17.8 Å². The fourth-order valence-corrected chi connectivity index (χ4v) is 5.40. The van der Waals surface area contributed by atoms with Crippen molar-refractivity contribution in [1.82, 2.24) is 19.8 Å². The fourth-order valence-electron chi connectivity index (χ4n) is 5.40. The van der Waals surface area contributed by atoms with E-state index in [2.05, 4.69) is 46.3 Å². The molecule has 4 N–H and O–H groups in total. The van der Waals surface area contributed by atoms with Crippen LogP contribution in [0.5, 0.6) is 5.75 Å². The first-order valence-electron chi connectivity index (χ1n) is 14.2. The molecular weight excluding hydrogens is 561 g/mol. The number of anilines is 1. The van der Waals surface area contributed by atoms with Gasteiger partial charge in [-0.25, -0.2) is 4.98 Å². The van der Waals surface area contributed by atoms with E-state index in [1.807, 2.05) is 0 Å². The molecule has 1 aromatic heterocycles. The second-order valence-electron chi connectivity index (χ2n) is 10.9. The van der Waals surface area contributed by atoms with Crippen LogP contribution >= 0.6 is 0 Å². The third-order valence-electron chi connectivity index (χ3n) is 7.35. The predicted molar refractivity (Wildman–Crippen MR) is 159 cm³/mol. The fraction of sp³-hybridized carbons (Fsp3) is 0.452. The van der Waals surface area contributed by atoms with Gasteiger partial charge >= 0.3 is 6.18 Å². The molecule has 0 saturated carbocycles. The Labute approximate surface area is 249 Å². The van der Waals surface area contributed by atoms with E-state index in [1.54, 1.807) is 19.2 Å². The minimum atomic E-state index is -4.46. The van der Waals surface area contributed by atoms with Crippen LogP contribution in [-0.2, 0) is 13.0 Å². The largest absolute Gasteiger partial charge is 0.491 e. The Balaban J connectivity index is 0.000000458. The van der Waals surface area contributed by atoms with Crippen molar-refractivity contribution in [2.75, 3.05) is 45.7 Å². The number of halogens is 3. The minimum absolute atomic E-state index is 0.00653. The zero-order chi connectivity index (χ0) is 31.1. The lowest BCUT2D eigenvalue weighted by Crippen LogP contribution is -2.30. The SMILES string of the molecule is CC1CCCN(C)C1.CNC(=O)c1ccc(NCC#Cc2cc(C(N)=O)c3ncn(CC(F)(F)F)c3c2)c2c1CCCO2. The number of nitrogens with zero attached hydrogens (tertiary/aromatic N) is 3. The molecule has 0 aliphatic carbocycles. The number of imidazole rings is 1. The summed E-state index contributed by atoms with van der Waals surface area (Å²) in [6.45, 7) is 4.41. The summed E-state index contributed by atoms with van der Waals surface area (Å²) in [7, 11) is 3.77. The van der Waals surface area contributed by atoms with E-state index < -0.39 is 18.6 Å². The highest BCUT2D eigenvalue weighted by molar-refractivity contribution is 6.04. The number of benzene rings is 2. The van der Waals surface area contributed by atoms with E-state index in [4.69, 9.17) is 10.5 Å². The number of ether oxygens (including phenoxy) is 1. The number of nitrogens with two attached hydrogens (primary N) is 1. The molecule has 1 fully saturated rings. The number of hydrogen-bond donors (Lipinski definition) is 3. The van der Waals surface area contributed by atoms with Gasteiger partial charge in [0.1, 0.15) is 17.8 Å². The van der Waals surface area contributed by atoms with Crippen molar-refractivity contribution in [3.63, 3.8) is 0 Å². The molecule has 2 aromatic carbocycles. The molecule has 9 nitrogen and oxygen atoms in total. The van der Waals surface area contributed by atoms with Gasteiger partial charge < -0.3 is 30.6 Å². The summed E-state index contributed by atoms with van der Waals surface area (Å²) in [6.07, 6.45) is 0.911. The second-order valence-corrected chi connectivity index (χ2v) is 10.9. The summed E-state index contributed by atoms with van der Waals surface area (Å²) in [5.41, 5.74) is 7.99. The Morgan fingerprint density at radius 2 is 2.00 bits per heavy atom. The highest BCUT2D eigenvalue weighted by Crippen LogP contribution is 2.35. The summed E-state index contributed by atoms with van der Waals surface area (Å²) < 4.78 is 45.5. The van der Waals surface area contributed by atoms with E-state index in [0.717, 1.165) is 28.8 Å². The van der Waals surface area contributed by atoms with Crippen LogP contribution < -0.4 is 21.1 Å². The average molecular weight is 599 g/mol. The van der Waals surface area contributed by atoms with Crippen molar-refractivity contribution in [2.24, 2.45) is 11.7 Å². The van der Waals surface area contributed by atoms with Crippen molar-refractivity contribution in [3.8, 4) is 17.6 Å². The number of carbonyl (C=O) groups is 2. The molecule has 2 aliphatic heterocycles. The van der Waals surface area contributed by atoms with Gasteiger partial charge in [-0.2, -0.15) is 13.2 Å². The Hall–Kier alpha value is -4.24. The maximum absolute atomic E-state index is 12.9. The molecule has 0 spiro atoms. The van der Waals surface area contributed by atoms with Crippen LogP contribution in [0.2, 0.25) is 0 Å². The molecule has 230 valence electrons. The third-order valence-corrected chi connectivity index (χ3v) is 7.35. The van der Waals surface area contributed by atoms with Gasteiger partial charge in [-0.1, -0.05) is 18.8 Å². The van der Waals surface area contributed by atoms with E-state index in [9.17, 15) is 22.8 Å². The van der Waals surface area contributed by atoms with E-state index in [-0.39, 0.29) is 29.0 Å². The maximum Gasteiger partial charge on any atom is 0.406 e. The maximum atomic E-state index is 12.9. The van der Waals surface area contributed by atoms with Crippen LogP contribution in [0.3, 0.4) is 0 Å². The summed E-state index contributed by atoms with van der Waals surface area (Å²) in [4.78, 5) is 30.3. The van der Waals surface area contributed by atoms with Crippen LogP contribution in [-0.4, -0.2) is 72.8 Å². The van der Waals surface area contributed by atoms with Gasteiger partial charge in [0.2, 0.25) is 0 Å². The normalized spacial score (nSPS) is 16.6. The molecular formula is C31H37F3N6O3. The Bertz CT molecular complexity index is 1530. The molecule has 43 heavy (non-hydrogen) atoms. The molecule has 1 saturated heterocycles. The first-order chi connectivity index (χ1) is 20.5. The summed E-state index contributed by atoms with van der Waals surface area (Å²) >= 11 is 0. The number of carbonyl (C=O) groups excluding carboxylic acids is 2. The third kappa shape index (κ3) is 8.20. The number of primary amides is 1. The number of hydrogen-bond acceptors (Lipinski definition) is 6. The first-order valence-corrected chi connectivity index (χ1v) is 14.2. The van der Waals surface area contributed by atoms with Crippen molar-refractivity contribution < 1.29 is 27.5 Å². The van der Waals surface area contributed by atoms with Gasteiger partial charge in [0.05, 0.1) is 36.2 Å². The lowest BCUT2D eigenvalue weighted by Gasteiger charge is -2.26. The lowest BCUT2D eigenvalue weighted by molar-refractivity contribution is -0.139. The van der Waals surface area contributed by atoms with E-state index in [0.29, 0.717) is 35.6 Å². The number of alkyl halides is 3. The highest BCUT2D eigenvalue weighted by atomic mass is 19.4. The Morgan fingerprint density at radius 1 is 1.21 bits per heavy atom. The topological polar surface area (TPSA) is 115 Å². The molecule has 12 heteroatoms. The standard InChI is InChI=1S/C24H22F3N5O3.C7H15N/c1-29-23(34)16-6-7-18(21-15(16)5-3-9-35-21)30-8-2-4-14-10-17(22(28)33)20-19(11-14)32(13-31-20)12-24(25,26)27;1-7-4-3-5-8(2)6-7/h6-7,10-11,13,30H,3,5,8-9,12H2,1H3,(H2,28,33)(H,29,34);7H,3-6H2,1-2H3. The zero-order valence-corrected chi connectivity index (χ0v) is 24.6. The minimum Gasteiger partial charge on any atom is -0.491 e. The number of nitrogens with one attached hydrogen (secondary N) is 2. The number of piperidine rings is 1. The Kier molecular flexibility index (Phi) is 10.2. The molecule has 2 aliphatic rings. The second kappa shape index (κ2) is 13.8. The van der Waals surface area contributed by atoms with Crippen LogP contribution in [0.15, 0.2) is 30.6 Å². The van der Waals surface area contributed by atoms with Gasteiger partial charge in [-0.15, -0.1) is 0 Å². The van der Waals surface area contributed by atoms with Crippen molar-refractivity contribution in [2.45, 2.75) is 45.3 Å². The lowest BCUT2D eigenvalue weighted by atomic mass is 9.98. The van der Waals surface area contributed by atoms with Crippen molar-refractivity contribution >= 4 is 28.5 Å². The number of likely N-dealkylation sites (tertiary alicyclic amines) is 1. The van der Waals surface area contributed by atoms with Crippen LogP contribution in [0.4, 0.5) is 18.9 Å². The van der Waals surface area contributed by atoms with Gasteiger partial charge in [-0.05, 0) is 69.5 Å². The van der Waals surface area contributed by atoms with Crippen LogP contribution in [0.1, 0.15) is 58.0 Å². The molecule has 0 radical (unpaired) electrons. The van der Waals surface area contributed by atoms with E-state index >= 15 is 0 Å². The zero-order valence-electron chi connectivity index (χ0n) is 24.6. The molecule has 3 aromatic rings. The summed E-state index contributed by atoms with van der Waals surface area (Å²) in [6, 6.07) is 6.31. The average Bonchev–Trinajstić information content (AvgIpc) is 3.35. The smallest absolute Gasteiger partial charge is 0.406 e. The molecule has 0 bridgehead atoms. The quantitative estimate of drug-likeness (QED) is 0.380. The molecule has 2 amide bonds. The van der Waals surface area contributed by atoms with Crippen molar-refractivity contribution in [3.05, 3.63) is 52.8 Å². The van der Waals surface area contributed by atoms with Crippen molar-refractivity contribution in [1.29, 1.82) is 0 Å². The monoisotopic (exact) mass is 598 g/mol. The highest BCUT2D eigenvalue weighted by Gasteiger charge is 2.29. The van der Waals surface area contributed by atoms with E-state index in [1.165, 1.54) is 38.1 Å².